The molecule has 4 unspecified atom stereocenters. The van der Waals surface area contributed by atoms with E-state index in [-0.39, 0.29) is 48.2 Å². The Bertz CT molecular complexity index is 467. The van der Waals surface area contributed by atoms with E-state index < -0.39 is 0 Å². The van der Waals surface area contributed by atoms with Crippen molar-refractivity contribution in [3.8, 4) is 0 Å². The lowest BCUT2D eigenvalue weighted by Crippen LogP contribution is -2.42. The molecule has 6 nitrogen and oxygen atoms in total. The molecule has 2 N–H and O–H groups in total. The van der Waals surface area contributed by atoms with Crippen LogP contribution in [0.1, 0.15) is 73.6 Å². The van der Waals surface area contributed by atoms with Crippen LogP contribution in [0.15, 0.2) is 0 Å². The molecule has 0 amide bonds. The summed E-state index contributed by atoms with van der Waals surface area (Å²) in [4.78, 5) is 24.5. The van der Waals surface area contributed by atoms with Crippen LogP contribution in [0, 0.1) is 11.8 Å². The SMILES string of the molecule is CNC(C(=O)OC(C)CC1CCCC(OC(=O)[C@@H](C)NC(C)C)C1)C(C)C. The van der Waals surface area contributed by atoms with Gasteiger partial charge in [-0.15, -0.1) is 0 Å². The second kappa shape index (κ2) is 11.6. The van der Waals surface area contributed by atoms with Crippen molar-refractivity contribution in [3.63, 3.8) is 0 Å². The normalized spacial score (nSPS) is 23.7. The second-order valence-electron chi connectivity index (χ2n) is 8.63. The zero-order valence-corrected chi connectivity index (χ0v) is 18.2. The molecule has 158 valence electrons. The summed E-state index contributed by atoms with van der Waals surface area (Å²) in [6.07, 6.45) is 4.55. The van der Waals surface area contributed by atoms with Crippen LogP contribution in [0.4, 0.5) is 0 Å². The van der Waals surface area contributed by atoms with Crippen LogP contribution in [0.2, 0.25) is 0 Å². The van der Waals surface area contributed by atoms with E-state index >= 15 is 0 Å². The summed E-state index contributed by atoms with van der Waals surface area (Å²) < 4.78 is 11.4. The highest BCUT2D eigenvalue weighted by Crippen LogP contribution is 2.30. The fraction of sp³-hybridized carbons (Fsp3) is 0.905. The van der Waals surface area contributed by atoms with Crippen LogP contribution < -0.4 is 10.6 Å². The van der Waals surface area contributed by atoms with E-state index in [4.69, 9.17) is 9.47 Å². The maximum absolute atomic E-state index is 12.3. The Balaban J connectivity index is 2.46. The van der Waals surface area contributed by atoms with Gasteiger partial charge in [-0.05, 0) is 58.4 Å². The number of carbonyl (C=O) groups is 2. The lowest BCUT2D eigenvalue weighted by Gasteiger charge is -2.31. The molecule has 0 bridgehead atoms. The van der Waals surface area contributed by atoms with Crippen molar-refractivity contribution in [3.05, 3.63) is 0 Å². The van der Waals surface area contributed by atoms with Crippen molar-refractivity contribution in [2.75, 3.05) is 7.05 Å². The molecule has 1 fully saturated rings. The van der Waals surface area contributed by atoms with Crippen molar-refractivity contribution in [2.45, 2.75) is 104 Å². The first-order chi connectivity index (χ1) is 12.6. The van der Waals surface area contributed by atoms with Crippen LogP contribution in [-0.2, 0) is 19.1 Å². The minimum absolute atomic E-state index is 0.0312. The molecule has 27 heavy (non-hydrogen) atoms. The number of likely N-dealkylation sites (N-methyl/N-ethyl adjacent to an activating group) is 1. The lowest BCUT2D eigenvalue weighted by molar-refractivity contribution is -0.154. The summed E-state index contributed by atoms with van der Waals surface area (Å²) in [5.74, 6) is 0.240. The van der Waals surface area contributed by atoms with Gasteiger partial charge in [0.25, 0.3) is 0 Å². The quantitative estimate of drug-likeness (QED) is 0.564. The number of hydrogen-bond donors (Lipinski definition) is 2. The van der Waals surface area contributed by atoms with Gasteiger partial charge in [0, 0.05) is 6.04 Å². The highest BCUT2D eigenvalue weighted by Gasteiger charge is 2.29. The summed E-state index contributed by atoms with van der Waals surface area (Å²) in [5.41, 5.74) is 0. The third kappa shape index (κ3) is 8.60. The van der Waals surface area contributed by atoms with Crippen LogP contribution >= 0.6 is 0 Å². The number of rotatable bonds is 10. The van der Waals surface area contributed by atoms with Gasteiger partial charge in [0.15, 0.2) is 0 Å². The first-order valence-electron chi connectivity index (χ1n) is 10.5. The highest BCUT2D eigenvalue weighted by molar-refractivity contribution is 5.76. The molecule has 0 aromatic carbocycles. The average Bonchev–Trinajstić information content (AvgIpc) is 2.54. The van der Waals surface area contributed by atoms with Crippen molar-refractivity contribution in [1.29, 1.82) is 0 Å². The fourth-order valence-electron chi connectivity index (χ4n) is 3.91. The molecule has 6 heteroatoms. The van der Waals surface area contributed by atoms with E-state index in [2.05, 4.69) is 10.6 Å². The molecule has 1 rings (SSSR count). The minimum Gasteiger partial charge on any atom is -0.461 e. The Hall–Kier alpha value is -1.14. The van der Waals surface area contributed by atoms with Crippen molar-refractivity contribution >= 4 is 11.9 Å². The van der Waals surface area contributed by atoms with Gasteiger partial charge in [0.05, 0.1) is 6.10 Å². The van der Waals surface area contributed by atoms with Crippen LogP contribution in [0.25, 0.3) is 0 Å². The van der Waals surface area contributed by atoms with Crippen molar-refractivity contribution in [1.82, 2.24) is 10.6 Å². The summed E-state index contributed by atoms with van der Waals surface area (Å²) in [7, 11) is 1.78. The highest BCUT2D eigenvalue weighted by atomic mass is 16.5. The van der Waals surface area contributed by atoms with Gasteiger partial charge in [-0.25, -0.2) is 0 Å². The average molecular weight is 385 g/mol. The molecule has 0 radical (unpaired) electrons. The van der Waals surface area contributed by atoms with Gasteiger partial charge < -0.3 is 20.1 Å². The van der Waals surface area contributed by atoms with Gasteiger partial charge in [-0.2, -0.15) is 0 Å². The third-order valence-electron chi connectivity index (χ3n) is 5.17. The number of ether oxygens (including phenoxy) is 2. The van der Waals surface area contributed by atoms with Gasteiger partial charge >= 0.3 is 11.9 Å². The maximum atomic E-state index is 12.3. The van der Waals surface area contributed by atoms with Crippen LogP contribution in [-0.4, -0.2) is 49.3 Å². The predicted molar refractivity (Wildman–Crippen MR) is 107 cm³/mol. The first kappa shape index (κ1) is 23.9. The van der Waals surface area contributed by atoms with E-state index in [9.17, 15) is 9.59 Å². The zero-order valence-electron chi connectivity index (χ0n) is 18.2. The molecule has 0 spiro atoms. The zero-order chi connectivity index (χ0) is 20.6. The number of nitrogens with one attached hydrogen (secondary N) is 2. The van der Waals surface area contributed by atoms with E-state index in [1.807, 2.05) is 41.5 Å². The molecule has 0 saturated heterocycles. The van der Waals surface area contributed by atoms with Crippen molar-refractivity contribution in [2.24, 2.45) is 11.8 Å². The molecule has 0 aromatic rings. The molecular weight excluding hydrogens is 344 g/mol. The lowest BCUT2D eigenvalue weighted by atomic mass is 9.84. The molecule has 0 aromatic heterocycles. The smallest absolute Gasteiger partial charge is 0.323 e. The van der Waals surface area contributed by atoms with Gasteiger partial charge in [0.2, 0.25) is 0 Å². The van der Waals surface area contributed by atoms with Gasteiger partial charge in [0.1, 0.15) is 18.2 Å². The standard InChI is InChI=1S/C21H40N2O4/c1-13(2)19(22-7)21(25)26-15(5)11-17-9-8-10-18(12-17)27-20(24)16(6)23-14(3)4/h13-19,22-23H,8-12H2,1-7H3/t15?,16-,17?,18?,19?/m1/s1. The third-order valence-corrected chi connectivity index (χ3v) is 5.17. The summed E-state index contributed by atoms with van der Waals surface area (Å²) in [6, 6.07) is -0.323. The van der Waals surface area contributed by atoms with E-state index in [0.717, 1.165) is 32.1 Å². The first-order valence-corrected chi connectivity index (χ1v) is 10.5. The van der Waals surface area contributed by atoms with Crippen LogP contribution in [0.3, 0.4) is 0 Å². The van der Waals surface area contributed by atoms with Gasteiger partial charge in [-0.3, -0.25) is 9.59 Å². The number of hydrogen-bond acceptors (Lipinski definition) is 6. The Morgan fingerprint density at radius 1 is 1.04 bits per heavy atom. The van der Waals surface area contributed by atoms with Crippen LogP contribution in [0.5, 0.6) is 0 Å². The molecular formula is C21H40N2O4. The summed E-state index contributed by atoms with van der Waals surface area (Å²) >= 11 is 0. The fourth-order valence-corrected chi connectivity index (χ4v) is 3.91. The number of carbonyl (C=O) groups excluding carboxylic acids is 2. The minimum atomic E-state index is -0.292. The van der Waals surface area contributed by atoms with Crippen molar-refractivity contribution < 1.29 is 19.1 Å². The summed E-state index contributed by atoms with van der Waals surface area (Å²) in [6.45, 7) is 11.8. The molecule has 0 heterocycles. The largest absolute Gasteiger partial charge is 0.461 e. The Morgan fingerprint density at radius 3 is 2.26 bits per heavy atom. The van der Waals surface area contributed by atoms with E-state index in [1.54, 1.807) is 7.05 Å². The van der Waals surface area contributed by atoms with E-state index in [0.29, 0.717) is 5.92 Å². The molecule has 1 aliphatic carbocycles. The molecule has 1 saturated carbocycles. The second-order valence-corrected chi connectivity index (χ2v) is 8.63. The Kier molecular flexibility index (Phi) is 10.3. The molecule has 5 atom stereocenters. The topological polar surface area (TPSA) is 76.7 Å². The maximum Gasteiger partial charge on any atom is 0.323 e. The summed E-state index contributed by atoms with van der Waals surface area (Å²) in [5, 5.41) is 6.21. The number of esters is 2. The van der Waals surface area contributed by atoms with E-state index in [1.165, 1.54) is 0 Å². The van der Waals surface area contributed by atoms with Gasteiger partial charge in [-0.1, -0.05) is 34.1 Å². The predicted octanol–water partition coefficient (Wildman–Crippen LogP) is 3.04. The Labute approximate surface area is 165 Å². The molecule has 1 aliphatic rings. The Morgan fingerprint density at radius 2 is 1.70 bits per heavy atom. The molecule has 0 aliphatic heterocycles. The monoisotopic (exact) mass is 384 g/mol.